The second kappa shape index (κ2) is 5.13. The Bertz CT molecular complexity index is 663. The summed E-state index contributed by atoms with van der Waals surface area (Å²) in [5, 5.41) is 0. The second-order valence-corrected chi connectivity index (χ2v) is 4.82. The molecule has 1 aromatic heterocycles. The number of aryl methyl sites for hydroxylation is 1. The Morgan fingerprint density at radius 2 is 1.95 bits per heavy atom. The fourth-order valence-electron chi connectivity index (χ4n) is 2.52. The van der Waals surface area contributed by atoms with Gasteiger partial charge in [-0.05, 0) is 13.8 Å². The number of hydrogen-bond acceptors (Lipinski definition) is 3. The molecule has 0 saturated heterocycles. The van der Waals surface area contributed by atoms with Crippen LogP contribution in [0.4, 0.5) is 0 Å². The van der Waals surface area contributed by atoms with Gasteiger partial charge in [0.1, 0.15) is 6.10 Å². The maximum absolute atomic E-state index is 12.1. The van der Waals surface area contributed by atoms with E-state index in [9.17, 15) is 4.79 Å². The normalized spacial score (nSPS) is 21.1. The summed E-state index contributed by atoms with van der Waals surface area (Å²) < 4.78 is 13.7. The standard InChI is InChI=1S/C16H17NO3/c1-3-17-10-9-13(18)15-14(17)11(2)19-16(20-15)12-7-5-4-6-8-12/h4-11,16H,3H2,1-2H3/t11-,16-/m1/s1. The van der Waals surface area contributed by atoms with Crippen LogP contribution in [0.5, 0.6) is 5.75 Å². The highest BCUT2D eigenvalue weighted by Crippen LogP contribution is 2.37. The van der Waals surface area contributed by atoms with Crippen molar-refractivity contribution in [3.05, 3.63) is 64.1 Å². The first kappa shape index (κ1) is 12.9. The van der Waals surface area contributed by atoms with Gasteiger partial charge >= 0.3 is 0 Å². The molecule has 0 fully saturated rings. The van der Waals surface area contributed by atoms with Gasteiger partial charge in [-0.25, -0.2) is 0 Å². The molecule has 1 aliphatic rings. The molecule has 3 rings (SSSR count). The largest absolute Gasteiger partial charge is 0.455 e. The molecule has 1 aromatic carbocycles. The average molecular weight is 271 g/mol. The average Bonchev–Trinajstić information content (AvgIpc) is 2.49. The molecular weight excluding hydrogens is 254 g/mol. The van der Waals surface area contributed by atoms with Gasteiger partial charge in [0.15, 0.2) is 5.75 Å². The first-order valence-corrected chi connectivity index (χ1v) is 6.81. The van der Waals surface area contributed by atoms with E-state index in [0.717, 1.165) is 17.8 Å². The van der Waals surface area contributed by atoms with E-state index in [4.69, 9.17) is 9.47 Å². The lowest BCUT2D eigenvalue weighted by molar-refractivity contribution is -0.142. The van der Waals surface area contributed by atoms with Gasteiger partial charge in [0.05, 0.1) is 5.69 Å². The van der Waals surface area contributed by atoms with Crippen LogP contribution in [0.3, 0.4) is 0 Å². The smallest absolute Gasteiger partial charge is 0.227 e. The molecule has 4 nitrogen and oxygen atoms in total. The molecule has 20 heavy (non-hydrogen) atoms. The highest BCUT2D eigenvalue weighted by molar-refractivity contribution is 5.33. The third-order valence-electron chi connectivity index (χ3n) is 3.52. The lowest BCUT2D eigenvalue weighted by Crippen LogP contribution is -2.28. The number of pyridine rings is 1. The minimum Gasteiger partial charge on any atom is -0.455 e. The molecule has 0 amide bonds. The third-order valence-corrected chi connectivity index (χ3v) is 3.52. The van der Waals surface area contributed by atoms with Crippen LogP contribution in [0, 0.1) is 0 Å². The maximum atomic E-state index is 12.1. The van der Waals surface area contributed by atoms with E-state index in [1.165, 1.54) is 0 Å². The van der Waals surface area contributed by atoms with Crippen LogP contribution in [0.25, 0.3) is 0 Å². The Morgan fingerprint density at radius 1 is 1.20 bits per heavy atom. The zero-order valence-electron chi connectivity index (χ0n) is 11.6. The van der Waals surface area contributed by atoms with Gasteiger partial charge in [0.25, 0.3) is 0 Å². The number of aromatic nitrogens is 1. The van der Waals surface area contributed by atoms with Crippen molar-refractivity contribution in [1.82, 2.24) is 4.57 Å². The van der Waals surface area contributed by atoms with Crippen molar-refractivity contribution < 1.29 is 9.47 Å². The number of rotatable bonds is 2. The van der Waals surface area contributed by atoms with Crippen LogP contribution < -0.4 is 10.2 Å². The fraction of sp³-hybridized carbons (Fsp3) is 0.312. The van der Waals surface area contributed by atoms with E-state index in [1.54, 1.807) is 12.3 Å². The molecule has 0 spiro atoms. The molecular formula is C16H17NO3. The summed E-state index contributed by atoms with van der Waals surface area (Å²) in [6.45, 7) is 4.75. The van der Waals surface area contributed by atoms with Crippen molar-refractivity contribution in [2.75, 3.05) is 0 Å². The Balaban J connectivity index is 2.05. The molecule has 1 aliphatic heterocycles. The van der Waals surface area contributed by atoms with Crippen LogP contribution in [-0.4, -0.2) is 4.57 Å². The van der Waals surface area contributed by atoms with Crippen LogP contribution in [-0.2, 0) is 11.3 Å². The van der Waals surface area contributed by atoms with E-state index in [1.807, 2.05) is 48.7 Å². The lowest BCUT2D eigenvalue weighted by Gasteiger charge is -2.32. The number of benzene rings is 1. The van der Waals surface area contributed by atoms with Crippen molar-refractivity contribution >= 4 is 0 Å². The molecule has 0 unspecified atom stereocenters. The van der Waals surface area contributed by atoms with E-state index < -0.39 is 6.29 Å². The molecule has 0 radical (unpaired) electrons. The number of ether oxygens (including phenoxy) is 2. The van der Waals surface area contributed by atoms with Crippen LogP contribution in [0.1, 0.15) is 37.5 Å². The van der Waals surface area contributed by atoms with Crippen LogP contribution in [0.15, 0.2) is 47.4 Å². The molecule has 4 heteroatoms. The van der Waals surface area contributed by atoms with Crippen molar-refractivity contribution in [1.29, 1.82) is 0 Å². The summed E-state index contributed by atoms with van der Waals surface area (Å²) in [4.78, 5) is 12.1. The van der Waals surface area contributed by atoms with E-state index in [-0.39, 0.29) is 11.5 Å². The first-order chi connectivity index (χ1) is 9.70. The second-order valence-electron chi connectivity index (χ2n) is 4.82. The highest BCUT2D eigenvalue weighted by atomic mass is 16.7. The minimum atomic E-state index is -0.529. The maximum Gasteiger partial charge on any atom is 0.227 e. The molecule has 0 saturated carbocycles. The number of hydrogen-bond donors (Lipinski definition) is 0. The van der Waals surface area contributed by atoms with E-state index in [0.29, 0.717) is 5.75 Å². The quantitative estimate of drug-likeness (QED) is 0.843. The van der Waals surface area contributed by atoms with E-state index in [2.05, 4.69) is 0 Å². The predicted molar refractivity (Wildman–Crippen MR) is 75.7 cm³/mol. The number of fused-ring (bicyclic) bond motifs is 1. The summed E-state index contributed by atoms with van der Waals surface area (Å²) in [5.41, 5.74) is 1.63. The third kappa shape index (κ3) is 2.12. The van der Waals surface area contributed by atoms with Gasteiger partial charge in [0, 0.05) is 24.4 Å². The molecule has 104 valence electrons. The minimum absolute atomic E-state index is 0.0965. The Morgan fingerprint density at radius 3 is 2.65 bits per heavy atom. The molecule has 0 bridgehead atoms. The van der Waals surface area contributed by atoms with Gasteiger partial charge in [0.2, 0.25) is 11.7 Å². The topological polar surface area (TPSA) is 40.5 Å². The lowest BCUT2D eigenvalue weighted by atomic mass is 10.1. The van der Waals surface area contributed by atoms with Crippen molar-refractivity contribution in [3.63, 3.8) is 0 Å². The highest BCUT2D eigenvalue weighted by Gasteiger charge is 2.30. The van der Waals surface area contributed by atoms with Crippen LogP contribution >= 0.6 is 0 Å². The Labute approximate surface area is 117 Å². The predicted octanol–water partition coefficient (Wildman–Crippen LogP) is 3.04. The Hall–Kier alpha value is -2.07. The zero-order chi connectivity index (χ0) is 14.1. The number of nitrogens with zero attached hydrogens (tertiary/aromatic N) is 1. The molecule has 2 aromatic rings. The SMILES string of the molecule is CCn1ccc(=O)c2c1[C@@H](C)O[C@@H](c1ccccc1)O2. The van der Waals surface area contributed by atoms with Gasteiger partial charge in [-0.15, -0.1) is 0 Å². The summed E-state index contributed by atoms with van der Waals surface area (Å²) in [5.74, 6) is 0.405. The van der Waals surface area contributed by atoms with Crippen molar-refractivity contribution in [2.45, 2.75) is 32.8 Å². The molecule has 2 atom stereocenters. The molecule has 2 heterocycles. The fourth-order valence-corrected chi connectivity index (χ4v) is 2.52. The van der Waals surface area contributed by atoms with Gasteiger partial charge in [-0.2, -0.15) is 0 Å². The molecule has 0 aliphatic carbocycles. The summed E-state index contributed by atoms with van der Waals surface area (Å²) in [7, 11) is 0. The molecule has 0 N–H and O–H groups in total. The van der Waals surface area contributed by atoms with E-state index >= 15 is 0 Å². The summed E-state index contributed by atoms with van der Waals surface area (Å²) in [6, 6.07) is 11.2. The van der Waals surface area contributed by atoms with Gasteiger partial charge in [-0.3, -0.25) is 4.79 Å². The van der Waals surface area contributed by atoms with Gasteiger partial charge in [-0.1, -0.05) is 30.3 Å². The first-order valence-electron chi connectivity index (χ1n) is 6.81. The summed E-state index contributed by atoms with van der Waals surface area (Å²) in [6.07, 6.45) is 1.07. The summed E-state index contributed by atoms with van der Waals surface area (Å²) >= 11 is 0. The van der Waals surface area contributed by atoms with Crippen LogP contribution in [0.2, 0.25) is 0 Å². The van der Waals surface area contributed by atoms with Crippen molar-refractivity contribution in [3.8, 4) is 5.75 Å². The Kier molecular flexibility index (Phi) is 3.32. The zero-order valence-corrected chi connectivity index (χ0v) is 11.6. The van der Waals surface area contributed by atoms with Crippen molar-refractivity contribution in [2.24, 2.45) is 0 Å². The van der Waals surface area contributed by atoms with Gasteiger partial charge < -0.3 is 14.0 Å². The monoisotopic (exact) mass is 271 g/mol.